The van der Waals surface area contributed by atoms with E-state index in [0.717, 1.165) is 12.3 Å². The number of sulfone groups is 1. The van der Waals surface area contributed by atoms with Crippen LogP contribution in [0.25, 0.3) is 33.9 Å². The highest BCUT2D eigenvalue weighted by Crippen LogP contribution is 2.33. The molecule has 0 radical (unpaired) electrons. The smallest absolute Gasteiger partial charge is 0.310 e. The van der Waals surface area contributed by atoms with Crippen molar-refractivity contribution < 1.29 is 21.6 Å². The van der Waals surface area contributed by atoms with E-state index in [4.69, 9.17) is 0 Å². The monoisotopic (exact) mass is 447 g/mol. The summed E-state index contributed by atoms with van der Waals surface area (Å²) >= 11 is 0. The fourth-order valence-corrected chi connectivity index (χ4v) is 4.18. The molecule has 4 rings (SSSR count). The van der Waals surface area contributed by atoms with Crippen LogP contribution in [-0.4, -0.2) is 38.7 Å². The molecular formula is C20H16F3N5O2S. The van der Waals surface area contributed by atoms with Gasteiger partial charge in [0.15, 0.2) is 21.3 Å². The van der Waals surface area contributed by atoms with Gasteiger partial charge in [-0.1, -0.05) is 13.0 Å². The third-order valence-corrected chi connectivity index (χ3v) is 6.52. The molecule has 4 aromatic rings. The number of hydrogen-bond donors (Lipinski definition) is 0. The molecule has 0 N–H and O–H groups in total. The molecule has 4 aromatic heterocycles. The molecule has 4 heterocycles. The average Bonchev–Trinajstić information content (AvgIpc) is 3.09. The number of fused-ring (bicyclic) bond motifs is 1. The topological polar surface area (TPSA) is 90.6 Å². The van der Waals surface area contributed by atoms with Gasteiger partial charge in [0.2, 0.25) is 0 Å². The molecule has 0 aliphatic heterocycles. The average molecular weight is 447 g/mol. The molecule has 160 valence electrons. The lowest BCUT2D eigenvalue weighted by Crippen LogP contribution is -2.09. The fourth-order valence-electron chi connectivity index (χ4n) is 3.12. The Labute approximate surface area is 175 Å². The Morgan fingerprint density at radius 1 is 1.06 bits per heavy atom. The maximum atomic E-state index is 13.0. The molecule has 0 amide bonds. The number of imidazole rings is 1. The summed E-state index contributed by atoms with van der Waals surface area (Å²) in [5.41, 5.74) is 0.296. The second-order valence-electron chi connectivity index (χ2n) is 6.75. The van der Waals surface area contributed by atoms with Gasteiger partial charge in [0, 0.05) is 31.2 Å². The number of nitrogens with zero attached hydrogens (tertiary/aromatic N) is 5. The lowest BCUT2D eigenvalue weighted by molar-refractivity contribution is -0.137. The Morgan fingerprint density at radius 3 is 2.48 bits per heavy atom. The van der Waals surface area contributed by atoms with E-state index in [1.807, 2.05) is 0 Å². The maximum Gasteiger partial charge on any atom is 0.417 e. The van der Waals surface area contributed by atoms with E-state index < -0.39 is 21.6 Å². The van der Waals surface area contributed by atoms with Gasteiger partial charge in [-0.05, 0) is 24.3 Å². The molecular weight excluding hydrogens is 431 g/mol. The SMILES string of the molecule is CCS(=O)(=O)c1cc(-c2ccccn2)cnc1-c1nc2cc(C(F)(F)F)cnc2n1C. The van der Waals surface area contributed by atoms with Gasteiger partial charge in [0.05, 0.1) is 21.9 Å². The van der Waals surface area contributed by atoms with Crippen molar-refractivity contribution >= 4 is 21.0 Å². The van der Waals surface area contributed by atoms with Crippen molar-refractivity contribution in [1.82, 2.24) is 24.5 Å². The highest BCUT2D eigenvalue weighted by atomic mass is 32.2. The highest BCUT2D eigenvalue weighted by Gasteiger charge is 2.32. The lowest BCUT2D eigenvalue weighted by Gasteiger charge is -2.11. The van der Waals surface area contributed by atoms with Gasteiger partial charge >= 0.3 is 6.18 Å². The van der Waals surface area contributed by atoms with Gasteiger partial charge in [0.1, 0.15) is 11.2 Å². The molecule has 7 nitrogen and oxygen atoms in total. The molecule has 0 aliphatic carbocycles. The van der Waals surface area contributed by atoms with Gasteiger partial charge in [-0.15, -0.1) is 0 Å². The van der Waals surface area contributed by atoms with Crippen molar-refractivity contribution in [2.24, 2.45) is 7.05 Å². The van der Waals surface area contributed by atoms with Crippen molar-refractivity contribution in [2.45, 2.75) is 18.0 Å². The minimum atomic E-state index is -4.57. The van der Waals surface area contributed by atoms with Crippen LogP contribution in [0.15, 0.2) is 53.8 Å². The second kappa shape index (κ2) is 7.41. The van der Waals surface area contributed by atoms with E-state index in [1.54, 1.807) is 31.4 Å². The van der Waals surface area contributed by atoms with Crippen LogP contribution < -0.4 is 0 Å². The van der Waals surface area contributed by atoms with Crippen LogP contribution in [0.3, 0.4) is 0 Å². The van der Waals surface area contributed by atoms with Crippen LogP contribution in [0.5, 0.6) is 0 Å². The van der Waals surface area contributed by atoms with Crippen molar-refractivity contribution in [3.8, 4) is 22.8 Å². The van der Waals surface area contributed by atoms with Gasteiger partial charge in [-0.3, -0.25) is 9.97 Å². The molecule has 31 heavy (non-hydrogen) atoms. The first-order chi connectivity index (χ1) is 14.6. The van der Waals surface area contributed by atoms with Gasteiger partial charge in [0.25, 0.3) is 0 Å². The number of hydrogen-bond acceptors (Lipinski definition) is 6. The van der Waals surface area contributed by atoms with E-state index in [2.05, 4.69) is 19.9 Å². The quantitative estimate of drug-likeness (QED) is 0.471. The minimum Gasteiger partial charge on any atom is -0.310 e. The minimum absolute atomic E-state index is 0.0113. The van der Waals surface area contributed by atoms with Gasteiger partial charge in [-0.25, -0.2) is 18.4 Å². The largest absolute Gasteiger partial charge is 0.417 e. The predicted octanol–water partition coefficient (Wildman–Crippen LogP) is 3.90. The molecule has 0 aliphatic rings. The number of alkyl halides is 3. The molecule has 11 heteroatoms. The Morgan fingerprint density at radius 2 is 1.84 bits per heavy atom. The van der Waals surface area contributed by atoms with E-state index in [1.165, 1.54) is 23.8 Å². The van der Waals surface area contributed by atoms with Crippen LogP contribution in [-0.2, 0) is 23.1 Å². The maximum absolute atomic E-state index is 13.0. The van der Waals surface area contributed by atoms with Crippen molar-refractivity contribution in [2.75, 3.05) is 5.75 Å². The Kier molecular flexibility index (Phi) is 5.00. The van der Waals surface area contributed by atoms with E-state index in [0.29, 0.717) is 11.3 Å². The molecule has 0 aromatic carbocycles. The molecule has 0 bridgehead atoms. The van der Waals surface area contributed by atoms with Crippen molar-refractivity contribution in [1.29, 1.82) is 0 Å². The summed E-state index contributed by atoms with van der Waals surface area (Å²) in [5, 5.41) is 0. The standard InChI is InChI=1S/C20H16F3N5O2S/c1-3-31(29,30)16-8-12(14-6-4-5-7-24-14)10-25-17(16)19-27-15-9-13(20(21,22)23)11-26-18(15)28(19)2/h4-11H,3H2,1-2H3. The summed E-state index contributed by atoms with van der Waals surface area (Å²) in [7, 11) is -2.19. The summed E-state index contributed by atoms with van der Waals surface area (Å²) in [4.78, 5) is 16.5. The highest BCUT2D eigenvalue weighted by molar-refractivity contribution is 7.91. The molecule has 0 saturated carbocycles. The fraction of sp³-hybridized carbons (Fsp3) is 0.200. The number of rotatable bonds is 4. The molecule has 0 atom stereocenters. The number of aromatic nitrogens is 5. The molecule has 0 fully saturated rings. The van der Waals surface area contributed by atoms with Crippen LogP contribution in [0.4, 0.5) is 13.2 Å². The van der Waals surface area contributed by atoms with Gasteiger partial charge < -0.3 is 4.57 Å². The van der Waals surface area contributed by atoms with Crippen molar-refractivity contribution in [3.05, 3.63) is 54.5 Å². The first-order valence-corrected chi connectivity index (χ1v) is 10.8. The number of halogens is 3. The van der Waals surface area contributed by atoms with Crippen LogP contribution in [0.1, 0.15) is 12.5 Å². The first-order valence-electron chi connectivity index (χ1n) is 9.16. The van der Waals surface area contributed by atoms with E-state index in [9.17, 15) is 21.6 Å². The zero-order valence-corrected chi connectivity index (χ0v) is 17.2. The van der Waals surface area contributed by atoms with Crippen LogP contribution in [0, 0.1) is 0 Å². The lowest BCUT2D eigenvalue weighted by atomic mass is 10.2. The Balaban J connectivity index is 1.95. The Bertz CT molecular complexity index is 1380. The van der Waals surface area contributed by atoms with E-state index in [-0.39, 0.29) is 33.3 Å². The normalized spacial score (nSPS) is 12.4. The van der Waals surface area contributed by atoms with Crippen LogP contribution >= 0.6 is 0 Å². The summed E-state index contributed by atoms with van der Waals surface area (Å²) in [5.74, 6) is -0.0882. The summed E-state index contributed by atoms with van der Waals surface area (Å²) in [6.45, 7) is 1.50. The summed E-state index contributed by atoms with van der Waals surface area (Å²) < 4.78 is 66.2. The molecule has 0 unspecified atom stereocenters. The third-order valence-electron chi connectivity index (χ3n) is 4.78. The summed E-state index contributed by atoms with van der Waals surface area (Å²) in [6.07, 6.45) is -0.819. The van der Waals surface area contributed by atoms with Crippen LogP contribution in [0.2, 0.25) is 0 Å². The summed E-state index contributed by atoms with van der Waals surface area (Å²) in [6, 6.07) is 7.55. The molecule has 0 spiro atoms. The zero-order valence-electron chi connectivity index (χ0n) is 16.4. The van der Waals surface area contributed by atoms with Crippen molar-refractivity contribution in [3.63, 3.8) is 0 Å². The zero-order chi connectivity index (χ0) is 22.4. The third kappa shape index (κ3) is 3.76. The molecule has 0 saturated heterocycles. The van der Waals surface area contributed by atoms with Gasteiger partial charge in [-0.2, -0.15) is 13.2 Å². The second-order valence-corrected chi connectivity index (χ2v) is 8.99. The first kappa shape index (κ1) is 20.9. The predicted molar refractivity (Wildman–Crippen MR) is 108 cm³/mol. The Hall–Kier alpha value is -3.34. The number of pyridine rings is 3. The van der Waals surface area contributed by atoms with E-state index >= 15 is 0 Å². The number of aryl methyl sites for hydroxylation is 1.